The molecule has 1 amide bonds. The van der Waals surface area contributed by atoms with Crippen LogP contribution in [0.3, 0.4) is 0 Å². The number of esters is 2. The molecule has 0 radical (unpaired) electrons. The smallest absolute Gasteiger partial charge is 0.331 e. The first-order valence-corrected chi connectivity index (χ1v) is 13.2. The highest BCUT2D eigenvalue weighted by Gasteiger charge is 2.36. The van der Waals surface area contributed by atoms with Crippen molar-refractivity contribution in [2.45, 2.75) is 58.6 Å². The van der Waals surface area contributed by atoms with Crippen molar-refractivity contribution in [1.29, 1.82) is 0 Å². The molecule has 1 saturated heterocycles. The van der Waals surface area contributed by atoms with Gasteiger partial charge in [-0.05, 0) is 24.8 Å². The summed E-state index contributed by atoms with van der Waals surface area (Å²) in [5.74, 6) is -1.84. The van der Waals surface area contributed by atoms with Crippen LogP contribution in [0.1, 0.15) is 62.5 Å². The van der Waals surface area contributed by atoms with E-state index in [1.807, 2.05) is 37.3 Å². The van der Waals surface area contributed by atoms with Gasteiger partial charge in [0.2, 0.25) is 6.79 Å². The minimum atomic E-state index is -1.07. The summed E-state index contributed by atoms with van der Waals surface area (Å²) < 4.78 is 27.8. The number of amides is 1. The third kappa shape index (κ3) is 7.92. The van der Waals surface area contributed by atoms with Gasteiger partial charge in [0.15, 0.2) is 23.2 Å². The van der Waals surface area contributed by atoms with Crippen LogP contribution in [0.5, 0.6) is 11.5 Å². The summed E-state index contributed by atoms with van der Waals surface area (Å²) in [6, 6.07) is 10.4. The first-order valence-electron chi connectivity index (χ1n) is 13.2. The molecule has 10 nitrogen and oxygen atoms in total. The van der Waals surface area contributed by atoms with Crippen molar-refractivity contribution >= 4 is 17.8 Å². The number of ether oxygens (including phenoxy) is 5. The Hall–Kier alpha value is -3.66. The number of nitrogens with one attached hydrogen (secondary N) is 1. The number of pyridine rings is 1. The number of cyclic esters (lactones) is 1. The van der Waals surface area contributed by atoms with Crippen LogP contribution in [0.25, 0.3) is 0 Å². The lowest BCUT2D eigenvalue weighted by Crippen LogP contribution is -2.46. The molecule has 0 aliphatic carbocycles. The Labute approximate surface area is 229 Å². The quantitative estimate of drug-likeness (QED) is 0.352. The molecule has 0 saturated carbocycles. The molecule has 2 heterocycles. The maximum Gasteiger partial charge on any atom is 0.331 e. The number of hydrogen-bond acceptors (Lipinski definition) is 9. The van der Waals surface area contributed by atoms with E-state index in [4.69, 9.17) is 23.7 Å². The molecule has 1 N–H and O–H groups in total. The van der Waals surface area contributed by atoms with Crippen LogP contribution in [0.2, 0.25) is 0 Å². The average Bonchev–Trinajstić information content (AvgIpc) is 2.97. The lowest BCUT2D eigenvalue weighted by molar-refractivity contribution is -0.154. The number of rotatable bonds is 10. The van der Waals surface area contributed by atoms with Crippen molar-refractivity contribution in [1.82, 2.24) is 10.3 Å². The van der Waals surface area contributed by atoms with Gasteiger partial charge >= 0.3 is 11.9 Å². The van der Waals surface area contributed by atoms with Crippen LogP contribution in [0.4, 0.5) is 0 Å². The van der Waals surface area contributed by atoms with Gasteiger partial charge in [-0.1, -0.05) is 57.5 Å². The monoisotopic (exact) mass is 542 g/mol. The minimum Gasteiger partial charge on any atom is -0.493 e. The second-order valence-corrected chi connectivity index (χ2v) is 9.76. The molecule has 1 aliphatic rings. The summed E-state index contributed by atoms with van der Waals surface area (Å²) in [6.07, 6.45) is 2.78. The number of aromatic nitrogens is 1. The van der Waals surface area contributed by atoms with E-state index < -0.39 is 36.8 Å². The van der Waals surface area contributed by atoms with Gasteiger partial charge in [-0.25, -0.2) is 9.78 Å². The molecule has 1 fully saturated rings. The summed E-state index contributed by atoms with van der Waals surface area (Å²) in [6.45, 7) is 7.27. The normalized spacial score (nSPS) is 21.6. The molecule has 39 heavy (non-hydrogen) atoms. The fraction of sp³-hybridized carbons (Fsp3) is 0.517. The summed E-state index contributed by atoms with van der Waals surface area (Å²) in [7, 11) is 1.41. The molecule has 0 spiro atoms. The standard InChI is InChI=1S/C29H38N2O8/c1-6-10-21-15-36-16-22(29(34)39-19(4)24(21)20-11-8-7-9-12-20)31-27(32)25-26(23(35-5)13-14-30-25)37-17-38-28(33)18(2)3/h7-9,11-14,18-19,21-22,24H,6,10,15-17H2,1-5H3,(H,31,32)/t19-,21-,22-,24+/m0/s1. The Morgan fingerprint density at radius 2 is 1.90 bits per heavy atom. The van der Waals surface area contributed by atoms with Crippen molar-refractivity contribution in [2.75, 3.05) is 27.1 Å². The van der Waals surface area contributed by atoms with E-state index in [2.05, 4.69) is 17.2 Å². The number of nitrogens with zero attached hydrogens (tertiary/aromatic N) is 1. The molecular weight excluding hydrogens is 504 g/mol. The first-order chi connectivity index (χ1) is 18.8. The second-order valence-electron chi connectivity index (χ2n) is 9.76. The van der Waals surface area contributed by atoms with Crippen molar-refractivity contribution in [3.8, 4) is 11.5 Å². The van der Waals surface area contributed by atoms with Crippen LogP contribution >= 0.6 is 0 Å². The van der Waals surface area contributed by atoms with Gasteiger partial charge in [-0.15, -0.1) is 0 Å². The molecule has 212 valence electrons. The summed E-state index contributed by atoms with van der Waals surface area (Å²) in [4.78, 5) is 42.4. The lowest BCUT2D eigenvalue weighted by atomic mass is 9.80. The molecule has 10 heteroatoms. The molecule has 4 atom stereocenters. The minimum absolute atomic E-state index is 0.0214. The van der Waals surface area contributed by atoms with Gasteiger partial charge < -0.3 is 29.0 Å². The highest BCUT2D eigenvalue weighted by Crippen LogP contribution is 2.34. The maximum absolute atomic E-state index is 13.3. The third-order valence-corrected chi connectivity index (χ3v) is 6.55. The van der Waals surface area contributed by atoms with Gasteiger partial charge in [0, 0.05) is 18.2 Å². The maximum atomic E-state index is 13.3. The number of carbonyl (C=O) groups excluding carboxylic acids is 3. The summed E-state index contributed by atoms with van der Waals surface area (Å²) in [5, 5.41) is 2.67. The largest absolute Gasteiger partial charge is 0.493 e. The zero-order valence-corrected chi connectivity index (χ0v) is 23.2. The van der Waals surface area contributed by atoms with Crippen LogP contribution in [0.15, 0.2) is 42.6 Å². The van der Waals surface area contributed by atoms with Gasteiger partial charge in [-0.3, -0.25) is 9.59 Å². The fourth-order valence-corrected chi connectivity index (χ4v) is 4.62. The highest BCUT2D eigenvalue weighted by molar-refractivity contribution is 5.98. The number of hydrogen-bond donors (Lipinski definition) is 1. The predicted molar refractivity (Wildman–Crippen MR) is 142 cm³/mol. The molecule has 2 aromatic rings. The molecule has 1 aliphatic heterocycles. The van der Waals surface area contributed by atoms with Crippen LogP contribution in [0, 0.1) is 11.8 Å². The van der Waals surface area contributed by atoms with Gasteiger partial charge in [0.1, 0.15) is 6.10 Å². The topological polar surface area (TPSA) is 122 Å². The molecule has 1 aromatic carbocycles. The molecule has 1 aromatic heterocycles. The van der Waals surface area contributed by atoms with Crippen molar-refractivity contribution in [3.63, 3.8) is 0 Å². The molecule has 0 unspecified atom stereocenters. The van der Waals surface area contributed by atoms with Crippen LogP contribution in [-0.4, -0.2) is 62.1 Å². The van der Waals surface area contributed by atoms with Crippen LogP contribution in [-0.2, 0) is 23.8 Å². The zero-order chi connectivity index (χ0) is 28.4. The summed E-state index contributed by atoms with van der Waals surface area (Å²) in [5.41, 5.74) is 0.935. The van der Waals surface area contributed by atoms with E-state index in [1.165, 1.54) is 19.4 Å². The first kappa shape index (κ1) is 29.9. The van der Waals surface area contributed by atoms with Gasteiger partial charge in [-0.2, -0.15) is 0 Å². The van der Waals surface area contributed by atoms with Gasteiger partial charge in [0.05, 0.1) is 26.2 Å². The Balaban J connectivity index is 1.78. The number of methoxy groups -OCH3 is 1. The van der Waals surface area contributed by atoms with Crippen molar-refractivity contribution < 1.29 is 38.1 Å². The molecular formula is C29H38N2O8. The SMILES string of the molecule is CCC[C@H]1COC[C@H](NC(=O)c2nccc(OC)c2OCOC(=O)C(C)C)C(=O)O[C@@H](C)[C@@H]1c1ccccc1. The third-order valence-electron chi connectivity index (χ3n) is 6.55. The van der Waals surface area contributed by atoms with E-state index in [-0.39, 0.29) is 41.6 Å². The zero-order valence-electron chi connectivity index (χ0n) is 23.2. The Kier molecular flexibility index (Phi) is 11.1. The van der Waals surface area contributed by atoms with Crippen LogP contribution < -0.4 is 14.8 Å². The number of carbonyl (C=O) groups is 3. The number of benzene rings is 1. The molecule has 3 rings (SSSR count). The van der Waals surface area contributed by atoms with Gasteiger partial charge in [0.25, 0.3) is 5.91 Å². The fourth-order valence-electron chi connectivity index (χ4n) is 4.62. The lowest BCUT2D eigenvalue weighted by Gasteiger charge is -2.31. The van der Waals surface area contributed by atoms with Crippen molar-refractivity contribution in [3.05, 3.63) is 53.9 Å². The summed E-state index contributed by atoms with van der Waals surface area (Å²) >= 11 is 0. The Morgan fingerprint density at radius 1 is 1.15 bits per heavy atom. The predicted octanol–water partition coefficient (Wildman–Crippen LogP) is 3.89. The van der Waals surface area contributed by atoms with E-state index in [1.54, 1.807) is 13.8 Å². The average molecular weight is 543 g/mol. The van der Waals surface area contributed by atoms with E-state index in [0.29, 0.717) is 6.61 Å². The Bertz CT molecular complexity index is 1110. The highest BCUT2D eigenvalue weighted by atomic mass is 16.7. The second kappa shape index (κ2) is 14.5. The Morgan fingerprint density at radius 3 is 2.56 bits per heavy atom. The van der Waals surface area contributed by atoms with E-state index in [9.17, 15) is 14.4 Å². The molecule has 0 bridgehead atoms. The van der Waals surface area contributed by atoms with E-state index >= 15 is 0 Å². The van der Waals surface area contributed by atoms with E-state index in [0.717, 1.165) is 18.4 Å². The van der Waals surface area contributed by atoms with Crippen molar-refractivity contribution in [2.24, 2.45) is 11.8 Å².